The highest BCUT2D eigenvalue weighted by Gasteiger charge is 2.33. The minimum Gasteiger partial charge on any atom is -0.497 e. The van der Waals surface area contributed by atoms with E-state index in [0.717, 1.165) is 44.9 Å². The highest BCUT2D eigenvalue weighted by Crippen LogP contribution is 2.34. The van der Waals surface area contributed by atoms with Crippen LogP contribution in [0, 0.1) is 27.7 Å². The molecule has 0 N–H and O–H groups in total. The molecular formula is C26H30N6O3S. The molecule has 0 aliphatic carbocycles. The normalized spacial score (nSPS) is 15.0. The average molecular weight is 507 g/mol. The molecule has 0 radical (unpaired) electrons. The van der Waals surface area contributed by atoms with E-state index in [-0.39, 0.29) is 0 Å². The van der Waals surface area contributed by atoms with Crippen molar-refractivity contribution in [2.24, 2.45) is 0 Å². The zero-order chi connectivity index (χ0) is 25.6. The number of nitrogens with zero attached hydrogens (tertiary/aromatic N) is 6. The maximum atomic E-state index is 13.8. The van der Waals surface area contributed by atoms with Crippen LogP contribution in [0.15, 0.2) is 47.8 Å². The summed E-state index contributed by atoms with van der Waals surface area (Å²) < 4.78 is 36.1. The number of aryl methyl sites for hydroxylation is 2. The van der Waals surface area contributed by atoms with E-state index in [0.29, 0.717) is 36.9 Å². The van der Waals surface area contributed by atoms with Gasteiger partial charge in [0.2, 0.25) is 10.0 Å². The van der Waals surface area contributed by atoms with E-state index in [1.54, 1.807) is 22.1 Å². The summed E-state index contributed by atoms with van der Waals surface area (Å²) in [6.07, 6.45) is 3.28. The smallest absolute Gasteiger partial charge is 0.254 e. The molecule has 1 aliphatic rings. The molecule has 0 saturated carbocycles. The Hall–Kier alpha value is -3.50. The monoisotopic (exact) mass is 506 g/mol. The molecule has 2 aromatic heterocycles. The SMILES string of the molecule is COc1ccc(-c2cnc3ncnn3c2N2CCN(S(=O)(=O)c3c(C)c(C)cc(C)c3C)CC2)cc1. The molecule has 2 aromatic carbocycles. The van der Waals surface area contributed by atoms with Crippen LogP contribution in [0.2, 0.25) is 0 Å². The van der Waals surface area contributed by atoms with E-state index in [9.17, 15) is 8.42 Å². The molecular weight excluding hydrogens is 476 g/mol. The first-order valence-corrected chi connectivity index (χ1v) is 13.3. The fourth-order valence-corrected chi connectivity index (χ4v) is 6.88. The highest BCUT2D eigenvalue weighted by molar-refractivity contribution is 7.89. The Balaban J connectivity index is 1.48. The highest BCUT2D eigenvalue weighted by atomic mass is 32.2. The molecule has 1 saturated heterocycles. The van der Waals surface area contributed by atoms with E-state index in [4.69, 9.17) is 4.74 Å². The summed E-state index contributed by atoms with van der Waals surface area (Å²) in [5, 5.41) is 4.42. The average Bonchev–Trinajstić information content (AvgIpc) is 3.36. The van der Waals surface area contributed by atoms with Crippen molar-refractivity contribution in [3.05, 3.63) is 65.1 Å². The fraction of sp³-hybridized carbons (Fsp3) is 0.346. The molecule has 10 heteroatoms. The van der Waals surface area contributed by atoms with Crippen molar-refractivity contribution in [3.63, 3.8) is 0 Å². The number of hydrogen-bond donors (Lipinski definition) is 0. The van der Waals surface area contributed by atoms with Gasteiger partial charge in [0, 0.05) is 37.9 Å². The van der Waals surface area contributed by atoms with Crippen LogP contribution in [0.4, 0.5) is 5.82 Å². The second-order valence-electron chi connectivity index (χ2n) is 9.18. The van der Waals surface area contributed by atoms with Gasteiger partial charge in [0.1, 0.15) is 17.9 Å². The number of fused-ring (bicyclic) bond motifs is 1. The lowest BCUT2D eigenvalue weighted by Gasteiger charge is -2.36. The van der Waals surface area contributed by atoms with Gasteiger partial charge in [0.05, 0.1) is 12.0 Å². The molecule has 1 fully saturated rings. The summed E-state index contributed by atoms with van der Waals surface area (Å²) in [5.74, 6) is 2.11. The van der Waals surface area contributed by atoms with Crippen molar-refractivity contribution < 1.29 is 13.2 Å². The number of methoxy groups -OCH3 is 1. The van der Waals surface area contributed by atoms with Gasteiger partial charge in [-0.2, -0.15) is 18.9 Å². The molecule has 0 atom stereocenters. The summed E-state index contributed by atoms with van der Waals surface area (Å²) in [6.45, 7) is 9.49. The van der Waals surface area contributed by atoms with Gasteiger partial charge >= 0.3 is 0 Å². The van der Waals surface area contributed by atoms with Gasteiger partial charge in [-0.15, -0.1) is 0 Å². The first kappa shape index (κ1) is 24.2. The van der Waals surface area contributed by atoms with Gasteiger partial charge < -0.3 is 9.64 Å². The standard InChI is InChI=1S/C26H30N6O3S/c1-17-14-18(2)20(4)24(19(17)3)36(33,34)31-12-10-30(11-13-31)25-23(15-27-26-28-16-29-32(25)26)21-6-8-22(35-5)9-7-21/h6-9,14-16H,10-13H2,1-5H3. The summed E-state index contributed by atoms with van der Waals surface area (Å²) in [7, 11) is -1.99. The van der Waals surface area contributed by atoms with Crippen molar-refractivity contribution in [1.29, 1.82) is 0 Å². The van der Waals surface area contributed by atoms with Crippen molar-refractivity contribution >= 4 is 21.6 Å². The Labute approximate surface area is 211 Å². The molecule has 36 heavy (non-hydrogen) atoms. The van der Waals surface area contributed by atoms with Crippen LogP contribution in [0.25, 0.3) is 16.9 Å². The van der Waals surface area contributed by atoms with Crippen molar-refractivity contribution in [2.45, 2.75) is 32.6 Å². The van der Waals surface area contributed by atoms with Gasteiger partial charge in [-0.25, -0.2) is 13.4 Å². The van der Waals surface area contributed by atoms with Gasteiger partial charge in [0.15, 0.2) is 0 Å². The Bertz CT molecular complexity index is 1510. The molecule has 1 aliphatic heterocycles. The Morgan fingerprint density at radius 1 is 0.889 bits per heavy atom. The maximum absolute atomic E-state index is 13.8. The first-order valence-electron chi connectivity index (χ1n) is 11.9. The number of anilines is 1. The van der Waals surface area contributed by atoms with Crippen LogP contribution in [0.1, 0.15) is 22.3 Å². The number of hydrogen-bond acceptors (Lipinski definition) is 7. The third-order valence-electron chi connectivity index (χ3n) is 7.11. The summed E-state index contributed by atoms with van der Waals surface area (Å²) in [5.41, 5.74) is 5.48. The topological polar surface area (TPSA) is 92.9 Å². The van der Waals surface area contributed by atoms with Gasteiger partial charge in [-0.05, 0) is 67.6 Å². The van der Waals surface area contributed by atoms with Crippen LogP contribution >= 0.6 is 0 Å². The fourth-order valence-electron chi connectivity index (χ4n) is 4.88. The maximum Gasteiger partial charge on any atom is 0.254 e. The number of benzene rings is 2. The largest absolute Gasteiger partial charge is 0.497 e. The zero-order valence-corrected chi connectivity index (χ0v) is 22.0. The molecule has 9 nitrogen and oxygen atoms in total. The Kier molecular flexibility index (Phi) is 6.17. The van der Waals surface area contributed by atoms with E-state index in [1.165, 1.54) is 6.33 Å². The lowest BCUT2D eigenvalue weighted by Crippen LogP contribution is -2.49. The quantitative estimate of drug-likeness (QED) is 0.409. The number of aromatic nitrogens is 4. The van der Waals surface area contributed by atoms with Gasteiger partial charge in [0.25, 0.3) is 5.78 Å². The molecule has 3 heterocycles. The van der Waals surface area contributed by atoms with E-state index >= 15 is 0 Å². The predicted octanol–water partition coefficient (Wildman–Crippen LogP) is 3.54. The van der Waals surface area contributed by atoms with Crippen molar-refractivity contribution in [1.82, 2.24) is 23.9 Å². The van der Waals surface area contributed by atoms with Crippen molar-refractivity contribution in [3.8, 4) is 16.9 Å². The Morgan fingerprint density at radius 2 is 1.53 bits per heavy atom. The van der Waals surface area contributed by atoms with E-state index < -0.39 is 10.0 Å². The minimum absolute atomic E-state index is 0.370. The molecule has 4 aromatic rings. The summed E-state index contributed by atoms with van der Waals surface area (Å²) >= 11 is 0. The lowest BCUT2D eigenvalue weighted by molar-refractivity contribution is 0.382. The molecule has 0 unspecified atom stereocenters. The van der Waals surface area contributed by atoms with E-state index in [2.05, 4.69) is 26.0 Å². The minimum atomic E-state index is -3.63. The van der Waals surface area contributed by atoms with Gasteiger partial charge in [-0.1, -0.05) is 18.2 Å². The zero-order valence-electron chi connectivity index (χ0n) is 21.2. The third kappa shape index (κ3) is 4.00. The van der Waals surface area contributed by atoms with Crippen LogP contribution in [0.5, 0.6) is 5.75 Å². The van der Waals surface area contributed by atoms with Crippen LogP contribution in [-0.4, -0.2) is 65.6 Å². The van der Waals surface area contributed by atoms with Crippen LogP contribution < -0.4 is 9.64 Å². The predicted molar refractivity (Wildman–Crippen MR) is 139 cm³/mol. The van der Waals surface area contributed by atoms with Crippen LogP contribution in [-0.2, 0) is 10.0 Å². The number of sulfonamides is 1. The van der Waals surface area contributed by atoms with Gasteiger partial charge in [-0.3, -0.25) is 0 Å². The number of rotatable bonds is 5. The number of piperazine rings is 1. The van der Waals surface area contributed by atoms with Crippen LogP contribution in [0.3, 0.4) is 0 Å². The second-order valence-corrected chi connectivity index (χ2v) is 11.1. The molecule has 0 spiro atoms. The Morgan fingerprint density at radius 3 is 2.14 bits per heavy atom. The first-order chi connectivity index (χ1) is 17.2. The summed E-state index contributed by atoms with van der Waals surface area (Å²) in [4.78, 5) is 11.3. The number of ether oxygens (including phenoxy) is 1. The molecule has 188 valence electrons. The van der Waals surface area contributed by atoms with E-state index in [1.807, 2.05) is 52.0 Å². The molecule has 0 amide bonds. The van der Waals surface area contributed by atoms with Crippen molar-refractivity contribution in [2.75, 3.05) is 38.2 Å². The molecule has 5 rings (SSSR count). The lowest BCUT2D eigenvalue weighted by atomic mass is 10.0. The third-order valence-corrected chi connectivity index (χ3v) is 9.29. The molecule has 0 bridgehead atoms. The summed E-state index contributed by atoms with van der Waals surface area (Å²) in [6, 6.07) is 9.82. The second kappa shape index (κ2) is 9.18.